The minimum Gasteiger partial charge on any atom is -0.379 e. The van der Waals surface area contributed by atoms with Crippen LogP contribution in [0.5, 0.6) is 0 Å². The number of hydrogen-bond acceptors (Lipinski definition) is 3. The van der Waals surface area contributed by atoms with Crippen LogP contribution in [-0.2, 0) is 4.74 Å². The van der Waals surface area contributed by atoms with Crippen molar-refractivity contribution < 1.29 is 4.74 Å². The van der Waals surface area contributed by atoms with Crippen molar-refractivity contribution in [3.63, 3.8) is 0 Å². The van der Waals surface area contributed by atoms with Gasteiger partial charge in [-0.15, -0.1) is 0 Å². The molecule has 4 heteroatoms. The maximum atomic E-state index is 12.2. The third-order valence-corrected chi connectivity index (χ3v) is 3.25. The molecule has 2 rings (SSSR count). The monoisotopic (exact) mass is 236 g/mol. The van der Waals surface area contributed by atoms with Gasteiger partial charge in [0.05, 0.1) is 12.1 Å². The van der Waals surface area contributed by atoms with Crippen molar-refractivity contribution in [2.24, 2.45) is 0 Å². The Balaban J connectivity index is 2.26. The SMILES string of the molecule is CO[C@H]1CC[C@@H]1n1cccc(NC(C)C)c1=O. The summed E-state index contributed by atoms with van der Waals surface area (Å²) in [6, 6.07) is 4.20. The summed E-state index contributed by atoms with van der Waals surface area (Å²) in [4.78, 5) is 12.2. The number of rotatable bonds is 4. The van der Waals surface area contributed by atoms with Crippen LogP contribution in [0.25, 0.3) is 0 Å². The Kier molecular flexibility index (Phi) is 3.52. The van der Waals surface area contributed by atoms with Gasteiger partial charge in [0, 0.05) is 19.3 Å². The van der Waals surface area contributed by atoms with Crippen LogP contribution in [0.15, 0.2) is 23.1 Å². The first-order chi connectivity index (χ1) is 8.13. The fourth-order valence-electron chi connectivity index (χ4n) is 2.24. The predicted octanol–water partition coefficient (Wildman–Crippen LogP) is 2.02. The van der Waals surface area contributed by atoms with Crippen molar-refractivity contribution in [2.45, 2.75) is 44.9 Å². The van der Waals surface area contributed by atoms with Gasteiger partial charge in [0.1, 0.15) is 5.69 Å². The van der Waals surface area contributed by atoms with Crippen LogP contribution in [0.4, 0.5) is 5.69 Å². The molecular formula is C13H20N2O2. The maximum Gasteiger partial charge on any atom is 0.274 e. The van der Waals surface area contributed by atoms with E-state index >= 15 is 0 Å². The number of nitrogens with one attached hydrogen (secondary N) is 1. The Bertz CT molecular complexity index is 437. The van der Waals surface area contributed by atoms with Crippen molar-refractivity contribution in [2.75, 3.05) is 12.4 Å². The molecule has 2 atom stereocenters. The molecule has 0 amide bonds. The van der Waals surface area contributed by atoms with Crippen LogP contribution in [0.3, 0.4) is 0 Å². The molecule has 1 heterocycles. The molecule has 0 aromatic carbocycles. The van der Waals surface area contributed by atoms with Crippen molar-refractivity contribution in [3.05, 3.63) is 28.7 Å². The van der Waals surface area contributed by atoms with Gasteiger partial charge in [0.25, 0.3) is 5.56 Å². The minimum absolute atomic E-state index is 0.0490. The number of methoxy groups -OCH3 is 1. The standard InChI is InChI=1S/C13H20N2O2/c1-9(2)14-10-5-4-8-15(13(10)16)11-6-7-12(11)17-3/h4-5,8-9,11-12,14H,6-7H2,1-3H3/t11-,12-/m0/s1. The molecule has 4 nitrogen and oxygen atoms in total. The molecule has 17 heavy (non-hydrogen) atoms. The lowest BCUT2D eigenvalue weighted by molar-refractivity contribution is -0.0103. The maximum absolute atomic E-state index is 12.2. The van der Waals surface area contributed by atoms with E-state index < -0.39 is 0 Å². The van der Waals surface area contributed by atoms with Crippen molar-refractivity contribution in [1.29, 1.82) is 0 Å². The van der Waals surface area contributed by atoms with E-state index in [2.05, 4.69) is 5.32 Å². The van der Waals surface area contributed by atoms with Crippen LogP contribution >= 0.6 is 0 Å². The second-order valence-electron chi connectivity index (χ2n) is 4.85. The van der Waals surface area contributed by atoms with Gasteiger partial charge in [-0.3, -0.25) is 4.79 Å². The summed E-state index contributed by atoms with van der Waals surface area (Å²) in [6.07, 6.45) is 4.09. The summed E-state index contributed by atoms with van der Waals surface area (Å²) in [5.74, 6) is 0. The highest BCUT2D eigenvalue weighted by atomic mass is 16.5. The Labute approximate surface area is 102 Å². The molecular weight excluding hydrogens is 216 g/mol. The summed E-state index contributed by atoms with van der Waals surface area (Å²) >= 11 is 0. The molecule has 1 aliphatic rings. The third kappa shape index (κ3) is 2.36. The first-order valence-corrected chi connectivity index (χ1v) is 6.14. The number of ether oxygens (including phenoxy) is 1. The molecule has 1 aromatic heterocycles. The fourth-order valence-corrected chi connectivity index (χ4v) is 2.24. The second-order valence-corrected chi connectivity index (χ2v) is 4.85. The van der Waals surface area contributed by atoms with E-state index in [0.717, 1.165) is 12.8 Å². The summed E-state index contributed by atoms with van der Waals surface area (Å²) in [5.41, 5.74) is 0.720. The summed E-state index contributed by atoms with van der Waals surface area (Å²) in [6.45, 7) is 4.05. The number of aromatic nitrogens is 1. The molecule has 0 radical (unpaired) electrons. The van der Waals surface area contributed by atoms with Gasteiger partial charge in [-0.25, -0.2) is 0 Å². The zero-order valence-electron chi connectivity index (χ0n) is 10.6. The quantitative estimate of drug-likeness (QED) is 0.869. The second kappa shape index (κ2) is 4.92. The largest absolute Gasteiger partial charge is 0.379 e. The van der Waals surface area contributed by atoms with Crippen LogP contribution in [-0.4, -0.2) is 23.8 Å². The van der Waals surface area contributed by atoms with E-state index in [9.17, 15) is 4.79 Å². The van der Waals surface area contributed by atoms with Gasteiger partial charge in [-0.05, 0) is 38.8 Å². The first-order valence-electron chi connectivity index (χ1n) is 6.14. The summed E-state index contributed by atoms with van der Waals surface area (Å²) in [7, 11) is 1.71. The van der Waals surface area contributed by atoms with Gasteiger partial charge in [0.15, 0.2) is 0 Å². The molecule has 0 saturated heterocycles. The predicted molar refractivity (Wildman–Crippen MR) is 68.5 cm³/mol. The highest BCUT2D eigenvalue weighted by molar-refractivity contribution is 5.41. The van der Waals surface area contributed by atoms with Crippen molar-refractivity contribution >= 4 is 5.69 Å². The average Bonchev–Trinajstić information content (AvgIpc) is 2.22. The number of hydrogen-bond donors (Lipinski definition) is 1. The van der Waals surface area contributed by atoms with Crippen LogP contribution in [0.1, 0.15) is 32.7 Å². The molecule has 0 spiro atoms. The Morgan fingerprint density at radius 1 is 1.47 bits per heavy atom. The van der Waals surface area contributed by atoms with E-state index in [-0.39, 0.29) is 23.7 Å². The molecule has 1 fully saturated rings. The number of nitrogens with zero attached hydrogens (tertiary/aromatic N) is 1. The molecule has 1 saturated carbocycles. The Morgan fingerprint density at radius 2 is 2.24 bits per heavy atom. The molecule has 1 aromatic rings. The molecule has 0 aliphatic heterocycles. The summed E-state index contributed by atoms with van der Waals surface area (Å²) in [5, 5.41) is 3.18. The molecule has 0 bridgehead atoms. The van der Waals surface area contributed by atoms with E-state index in [1.807, 2.05) is 32.2 Å². The fraction of sp³-hybridized carbons (Fsp3) is 0.615. The molecule has 0 unspecified atom stereocenters. The first kappa shape index (κ1) is 12.2. The van der Waals surface area contributed by atoms with Crippen LogP contribution < -0.4 is 10.9 Å². The Hall–Kier alpha value is -1.29. The topological polar surface area (TPSA) is 43.3 Å². The lowest BCUT2D eigenvalue weighted by Gasteiger charge is -2.36. The lowest BCUT2D eigenvalue weighted by atomic mass is 9.88. The third-order valence-electron chi connectivity index (χ3n) is 3.25. The van der Waals surface area contributed by atoms with E-state index in [1.54, 1.807) is 11.7 Å². The van der Waals surface area contributed by atoms with Crippen molar-refractivity contribution in [3.8, 4) is 0 Å². The lowest BCUT2D eigenvalue weighted by Crippen LogP contribution is -2.41. The van der Waals surface area contributed by atoms with E-state index in [4.69, 9.17) is 4.74 Å². The van der Waals surface area contributed by atoms with E-state index in [1.165, 1.54) is 0 Å². The Morgan fingerprint density at radius 3 is 2.76 bits per heavy atom. The minimum atomic E-state index is 0.0490. The van der Waals surface area contributed by atoms with Crippen molar-refractivity contribution in [1.82, 2.24) is 4.57 Å². The average molecular weight is 236 g/mol. The number of anilines is 1. The van der Waals surface area contributed by atoms with Crippen LogP contribution in [0.2, 0.25) is 0 Å². The van der Waals surface area contributed by atoms with Gasteiger partial charge < -0.3 is 14.6 Å². The van der Waals surface area contributed by atoms with Gasteiger partial charge in [0.2, 0.25) is 0 Å². The molecule has 1 aliphatic carbocycles. The van der Waals surface area contributed by atoms with Gasteiger partial charge in [-0.2, -0.15) is 0 Å². The van der Waals surface area contributed by atoms with E-state index in [0.29, 0.717) is 5.69 Å². The highest BCUT2D eigenvalue weighted by Crippen LogP contribution is 2.33. The molecule has 1 N–H and O–H groups in total. The molecule has 94 valence electrons. The number of pyridine rings is 1. The smallest absolute Gasteiger partial charge is 0.274 e. The summed E-state index contributed by atoms with van der Waals surface area (Å²) < 4.78 is 7.14. The van der Waals surface area contributed by atoms with Gasteiger partial charge >= 0.3 is 0 Å². The zero-order chi connectivity index (χ0) is 12.4. The van der Waals surface area contributed by atoms with Gasteiger partial charge in [-0.1, -0.05) is 0 Å². The highest BCUT2D eigenvalue weighted by Gasteiger charge is 2.33. The zero-order valence-corrected chi connectivity index (χ0v) is 10.6. The van der Waals surface area contributed by atoms with Crippen LogP contribution in [0, 0.1) is 0 Å². The normalized spacial score (nSPS) is 23.5.